The highest BCUT2D eigenvalue weighted by atomic mass is 16.6. The molecule has 2 saturated heterocycles. The molecule has 4 aromatic rings. The molecule has 0 atom stereocenters. The fourth-order valence-corrected chi connectivity index (χ4v) is 6.87. The van der Waals surface area contributed by atoms with E-state index in [0.29, 0.717) is 13.1 Å². The van der Waals surface area contributed by atoms with Crippen LogP contribution in [-0.2, 0) is 17.8 Å². The number of benzene rings is 2. The van der Waals surface area contributed by atoms with E-state index < -0.39 is 5.60 Å². The largest absolute Gasteiger partial charge is 0.444 e. The molecule has 2 aromatic carbocycles. The van der Waals surface area contributed by atoms with Crippen molar-refractivity contribution in [2.24, 2.45) is 0 Å². The third-order valence-electron chi connectivity index (χ3n) is 9.54. The fourth-order valence-electron chi connectivity index (χ4n) is 6.87. The molecule has 0 unspecified atom stereocenters. The van der Waals surface area contributed by atoms with E-state index >= 15 is 0 Å². The molecule has 0 aliphatic carbocycles. The summed E-state index contributed by atoms with van der Waals surface area (Å²) in [5.74, 6) is 0. The van der Waals surface area contributed by atoms with Gasteiger partial charge in [0.15, 0.2) is 0 Å². The number of aryl methyl sites for hydroxylation is 6. The number of nitrogens with zero attached hydrogens (tertiary/aromatic N) is 5. The van der Waals surface area contributed by atoms with E-state index in [-0.39, 0.29) is 6.09 Å². The highest BCUT2D eigenvalue weighted by Crippen LogP contribution is 2.26. The molecule has 2 aliphatic heterocycles. The smallest absolute Gasteiger partial charge is 0.410 e. The van der Waals surface area contributed by atoms with Crippen LogP contribution in [-0.4, -0.2) is 88.7 Å². The summed E-state index contributed by atoms with van der Waals surface area (Å²) in [4.78, 5) is 27.9. The first-order chi connectivity index (χ1) is 24.2. The molecule has 2 aromatic heterocycles. The van der Waals surface area contributed by atoms with Crippen molar-refractivity contribution in [2.75, 3.05) is 52.4 Å². The molecule has 0 saturated carbocycles. The summed E-state index contributed by atoms with van der Waals surface area (Å²) in [6.45, 7) is 27.9. The summed E-state index contributed by atoms with van der Waals surface area (Å²) < 4.78 is 5.49. The second kappa shape index (κ2) is 16.9. The van der Waals surface area contributed by atoms with Crippen LogP contribution in [0.3, 0.4) is 0 Å². The van der Waals surface area contributed by atoms with Crippen LogP contribution >= 0.6 is 0 Å². The van der Waals surface area contributed by atoms with Crippen molar-refractivity contribution >= 4 is 6.09 Å². The standard InChI is InChI=1S/C24H33N3O2.C19H25N3/c1-17-13-20(22-14-18(2)25-19(3)15-22)7-8-21(17)16-26-9-11-27(12-10-26)23(28)29-24(4,5)6;1-14-10-17(19-11-15(2)21-16(3)12-19)4-5-18(14)13-22-8-6-20-7-9-22/h7-8,13-15H,9-12,16H2,1-6H3;4-5,10-12,20H,6-9,13H2,1-3H3. The van der Waals surface area contributed by atoms with Crippen LogP contribution in [0.5, 0.6) is 0 Å². The van der Waals surface area contributed by atoms with Gasteiger partial charge in [-0.15, -0.1) is 0 Å². The van der Waals surface area contributed by atoms with E-state index in [2.05, 4.69) is 113 Å². The minimum absolute atomic E-state index is 0.208. The fraction of sp³-hybridized carbons (Fsp3) is 0.465. The maximum Gasteiger partial charge on any atom is 0.410 e. The quantitative estimate of drug-likeness (QED) is 0.221. The topological polar surface area (TPSA) is 73.8 Å². The van der Waals surface area contributed by atoms with Gasteiger partial charge in [-0.25, -0.2) is 4.79 Å². The number of aromatic nitrogens is 2. The maximum absolute atomic E-state index is 12.2. The van der Waals surface area contributed by atoms with Crippen LogP contribution in [0.25, 0.3) is 22.3 Å². The molecule has 51 heavy (non-hydrogen) atoms. The third kappa shape index (κ3) is 11.2. The molecule has 0 bridgehead atoms. The van der Waals surface area contributed by atoms with Gasteiger partial charge in [-0.2, -0.15) is 0 Å². The zero-order chi connectivity index (χ0) is 36.7. The Balaban J connectivity index is 0.000000205. The molecule has 8 heteroatoms. The molecular formula is C43H58N6O2. The Morgan fingerprint density at radius 3 is 1.41 bits per heavy atom. The molecule has 8 nitrogen and oxygen atoms in total. The van der Waals surface area contributed by atoms with Crippen LogP contribution in [0.4, 0.5) is 4.79 Å². The Morgan fingerprint density at radius 1 is 0.608 bits per heavy atom. The molecule has 1 N–H and O–H groups in total. The first-order valence-corrected chi connectivity index (χ1v) is 18.5. The first kappa shape index (κ1) is 38.1. The summed E-state index contributed by atoms with van der Waals surface area (Å²) >= 11 is 0. The Labute approximate surface area is 306 Å². The average Bonchev–Trinajstić information content (AvgIpc) is 3.06. The van der Waals surface area contributed by atoms with Crippen molar-refractivity contribution in [3.63, 3.8) is 0 Å². The van der Waals surface area contributed by atoms with Crippen molar-refractivity contribution in [3.8, 4) is 22.3 Å². The number of pyridine rings is 2. The zero-order valence-corrected chi connectivity index (χ0v) is 32.4. The van der Waals surface area contributed by atoms with Crippen molar-refractivity contribution in [1.29, 1.82) is 0 Å². The second-order valence-electron chi connectivity index (χ2n) is 15.3. The van der Waals surface area contributed by atoms with Gasteiger partial charge in [0.25, 0.3) is 0 Å². The summed E-state index contributed by atoms with van der Waals surface area (Å²) in [6, 6.07) is 22.1. The number of nitrogens with one attached hydrogen (secondary N) is 1. The molecule has 2 fully saturated rings. The van der Waals surface area contributed by atoms with Gasteiger partial charge in [0, 0.05) is 88.2 Å². The van der Waals surface area contributed by atoms with Crippen LogP contribution in [0.15, 0.2) is 60.7 Å². The lowest BCUT2D eigenvalue weighted by molar-refractivity contribution is 0.0139. The van der Waals surface area contributed by atoms with E-state index in [1.54, 1.807) is 0 Å². The SMILES string of the molecule is Cc1cc(-c2ccc(CN3CCN(C(=O)OC(C)(C)C)CC3)c(C)c2)cc(C)n1.Cc1cc(-c2ccc(CN3CCNCC3)c(C)c2)cc(C)n1. The minimum atomic E-state index is -0.445. The Bertz CT molecular complexity index is 1760. The van der Waals surface area contributed by atoms with E-state index in [9.17, 15) is 4.79 Å². The normalized spacial score (nSPS) is 15.7. The van der Waals surface area contributed by atoms with E-state index in [1.807, 2.05) is 39.5 Å². The van der Waals surface area contributed by atoms with Crippen molar-refractivity contribution in [3.05, 3.63) is 106 Å². The number of hydrogen-bond donors (Lipinski definition) is 1. The molecular weight excluding hydrogens is 633 g/mol. The number of piperazine rings is 2. The lowest BCUT2D eigenvalue weighted by Crippen LogP contribution is -2.49. The molecule has 0 radical (unpaired) electrons. The van der Waals surface area contributed by atoms with Gasteiger partial charge in [0.2, 0.25) is 0 Å². The number of hydrogen-bond acceptors (Lipinski definition) is 7. The number of carbonyl (C=O) groups excluding carboxylic acids is 1. The van der Waals surface area contributed by atoms with Gasteiger partial charge < -0.3 is 15.0 Å². The zero-order valence-electron chi connectivity index (χ0n) is 32.4. The molecule has 0 spiro atoms. The number of rotatable bonds is 6. The lowest BCUT2D eigenvalue weighted by Gasteiger charge is -2.35. The van der Waals surface area contributed by atoms with Crippen LogP contribution in [0.1, 0.15) is 65.8 Å². The first-order valence-electron chi connectivity index (χ1n) is 18.5. The summed E-state index contributed by atoms with van der Waals surface area (Å²) in [5, 5.41) is 3.41. The third-order valence-corrected chi connectivity index (χ3v) is 9.54. The van der Waals surface area contributed by atoms with Gasteiger partial charge in [0.05, 0.1) is 0 Å². The van der Waals surface area contributed by atoms with Crippen molar-refractivity contribution < 1.29 is 9.53 Å². The molecule has 1 amide bonds. The van der Waals surface area contributed by atoms with E-state index in [4.69, 9.17) is 4.74 Å². The number of carbonyl (C=O) groups is 1. The van der Waals surface area contributed by atoms with Gasteiger partial charge >= 0.3 is 6.09 Å². The second-order valence-corrected chi connectivity index (χ2v) is 15.3. The van der Waals surface area contributed by atoms with Crippen LogP contribution in [0, 0.1) is 41.5 Å². The van der Waals surface area contributed by atoms with Gasteiger partial charge in [0.1, 0.15) is 5.60 Å². The van der Waals surface area contributed by atoms with E-state index in [0.717, 1.165) is 75.1 Å². The summed E-state index contributed by atoms with van der Waals surface area (Å²) in [6.07, 6.45) is -0.208. The van der Waals surface area contributed by atoms with Gasteiger partial charge in [-0.05, 0) is 131 Å². The van der Waals surface area contributed by atoms with Gasteiger partial charge in [-0.3, -0.25) is 19.8 Å². The molecule has 4 heterocycles. The summed E-state index contributed by atoms with van der Waals surface area (Å²) in [5.41, 5.74) is 14.3. The van der Waals surface area contributed by atoms with Crippen LogP contribution < -0.4 is 5.32 Å². The van der Waals surface area contributed by atoms with E-state index in [1.165, 1.54) is 44.5 Å². The van der Waals surface area contributed by atoms with Crippen LogP contribution in [0.2, 0.25) is 0 Å². The minimum Gasteiger partial charge on any atom is -0.444 e. The van der Waals surface area contributed by atoms with Crippen molar-refractivity contribution in [1.82, 2.24) is 30.0 Å². The molecule has 272 valence electrons. The molecule has 2 aliphatic rings. The predicted octanol–water partition coefficient (Wildman–Crippen LogP) is 7.81. The maximum atomic E-state index is 12.2. The monoisotopic (exact) mass is 690 g/mol. The van der Waals surface area contributed by atoms with Gasteiger partial charge in [-0.1, -0.05) is 36.4 Å². The Morgan fingerprint density at radius 2 is 1.02 bits per heavy atom. The Hall–Kier alpha value is -4.11. The summed E-state index contributed by atoms with van der Waals surface area (Å²) in [7, 11) is 0. The highest BCUT2D eigenvalue weighted by molar-refractivity contribution is 5.68. The number of amides is 1. The average molecular weight is 691 g/mol. The predicted molar refractivity (Wildman–Crippen MR) is 209 cm³/mol. The number of ether oxygens (including phenoxy) is 1. The Kier molecular flexibility index (Phi) is 12.7. The highest BCUT2D eigenvalue weighted by Gasteiger charge is 2.26. The lowest BCUT2D eigenvalue weighted by atomic mass is 9.99. The van der Waals surface area contributed by atoms with Crippen molar-refractivity contribution in [2.45, 2.75) is 81.0 Å². The molecule has 6 rings (SSSR count).